The number of carbonyl (C=O) groups excluding carboxylic acids is 1. The summed E-state index contributed by atoms with van der Waals surface area (Å²) in [6, 6.07) is 11.7. The maximum atomic E-state index is 13.1. The number of piperidine rings is 1. The Morgan fingerprint density at radius 2 is 1.76 bits per heavy atom. The molecular formula is C31H35F3N6O2. The number of benzene rings is 2. The molecule has 3 N–H and O–H groups in total. The first-order valence-corrected chi connectivity index (χ1v) is 14.1. The van der Waals surface area contributed by atoms with Crippen LogP contribution in [0.15, 0.2) is 53.1 Å². The molecule has 0 bridgehead atoms. The normalized spacial score (nSPS) is 15.5. The SMILES string of the molecule is CC(C)c1cc(N)cc2nc(-c3ccc(C(=O)NCC4(C(C)C)CCN(c5nccc(C(F)(F)F)n5)CC4)cc3)oc12. The van der Waals surface area contributed by atoms with Crippen molar-refractivity contribution in [3.8, 4) is 11.5 Å². The first-order chi connectivity index (χ1) is 19.9. The minimum absolute atomic E-state index is 0.0779. The van der Waals surface area contributed by atoms with Crippen LogP contribution < -0.4 is 16.0 Å². The van der Waals surface area contributed by atoms with Crippen LogP contribution in [0.3, 0.4) is 0 Å². The molecule has 11 heteroatoms. The van der Waals surface area contributed by atoms with E-state index < -0.39 is 11.9 Å². The number of rotatable bonds is 7. The van der Waals surface area contributed by atoms with Crippen LogP contribution in [0, 0.1) is 11.3 Å². The molecule has 8 nitrogen and oxygen atoms in total. The Morgan fingerprint density at radius 1 is 1.07 bits per heavy atom. The van der Waals surface area contributed by atoms with Gasteiger partial charge in [-0.3, -0.25) is 4.79 Å². The number of oxazole rings is 1. The lowest BCUT2D eigenvalue weighted by atomic mass is 9.70. The first kappa shape index (κ1) is 29.3. The van der Waals surface area contributed by atoms with E-state index in [1.54, 1.807) is 23.1 Å². The number of hydrogen-bond donors (Lipinski definition) is 2. The molecule has 0 unspecified atom stereocenters. The third-order valence-electron chi connectivity index (χ3n) is 8.36. The van der Waals surface area contributed by atoms with Crippen molar-refractivity contribution in [2.75, 3.05) is 30.3 Å². The molecule has 0 atom stereocenters. The maximum Gasteiger partial charge on any atom is 0.433 e. The molecule has 0 radical (unpaired) electrons. The van der Waals surface area contributed by atoms with Crippen molar-refractivity contribution in [3.63, 3.8) is 0 Å². The number of anilines is 2. The summed E-state index contributed by atoms with van der Waals surface area (Å²) in [5, 5.41) is 3.09. The second kappa shape index (κ2) is 11.3. The first-order valence-electron chi connectivity index (χ1n) is 14.1. The Hall–Kier alpha value is -4.15. The number of aromatic nitrogens is 3. The van der Waals surface area contributed by atoms with E-state index in [-0.39, 0.29) is 29.1 Å². The Labute approximate surface area is 242 Å². The zero-order chi connectivity index (χ0) is 30.2. The van der Waals surface area contributed by atoms with Crippen molar-refractivity contribution in [2.45, 2.75) is 52.6 Å². The third-order valence-corrected chi connectivity index (χ3v) is 8.36. The van der Waals surface area contributed by atoms with Gasteiger partial charge in [-0.2, -0.15) is 13.2 Å². The number of halogens is 3. The highest BCUT2D eigenvalue weighted by atomic mass is 19.4. The van der Waals surface area contributed by atoms with Crippen LogP contribution in [0.1, 0.15) is 68.1 Å². The quantitative estimate of drug-likeness (QED) is 0.235. The molecule has 1 aliphatic heterocycles. The summed E-state index contributed by atoms with van der Waals surface area (Å²) in [5.74, 6) is 0.804. The van der Waals surface area contributed by atoms with E-state index in [0.29, 0.717) is 60.7 Å². The number of fused-ring (bicyclic) bond motifs is 1. The zero-order valence-corrected chi connectivity index (χ0v) is 24.1. The highest BCUT2D eigenvalue weighted by Gasteiger charge is 2.39. The number of nitrogen functional groups attached to an aromatic ring is 1. The average molecular weight is 581 g/mol. The number of nitrogens with one attached hydrogen (secondary N) is 1. The van der Waals surface area contributed by atoms with Crippen LogP contribution in [0.4, 0.5) is 24.8 Å². The molecular weight excluding hydrogens is 545 g/mol. The Bertz CT molecular complexity index is 1570. The second-order valence-corrected chi connectivity index (χ2v) is 11.6. The van der Waals surface area contributed by atoms with Gasteiger partial charge in [0.1, 0.15) is 11.2 Å². The van der Waals surface area contributed by atoms with Gasteiger partial charge in [0.25, 0.3) is 5.91 Å². The third kappa shape index (κ3) is 5.91. The number of nitrogens with two attached hydrogens (primary N) is 1. The molecule has 1 aliphatic rings. The van der Waals surface area contributed by atoms with E-state index in [1.807, 2.05) is 18.2 Å². The summed E-state index contributed by atoms with van der Waals surface area (Å²) in [6.07, 6.45) is -2.01. The van der Waals surface area contributed by atoms with Crippen molar-refractivity contribution in [1.82, 2.24) is 20.3 Å². The summed E-state index contributed by atoms with van der Waals surface area (Å²) in [5.41, 5.74) is 9.18. The van der Waals surface area contributed by atoms with E-state index in [4.69, 9.17) is 10.2 Å². The fourth-order valence-corrected chi connectivity index (χ4v) is 5.53. The van der Waals surface area contributed by atoms with Crippen LogP contribution in [-0.2, 0) is 6.18 Å². The molecule has 2 aromatic carbocycles. The van der Waals surface area contributed by atoms with E-state index in [0.717, 1.165) is 23.4 Å². The van der Waals surface area contributed by atoms with Gasteiger partial charge in [-0.25, -0.2) is 15.0 Å². The highest BCUT2D eigenvalue weighted by Crippen LogP contribution is 2.39. The molecule has 0 spiro atoms. The summed E-state index contributed by atoms with van der Waals surface area (Å²) in [4.78, 5) is 27.3. The Morgan fingerprint density at radius 3 is 2.38 bits per heavy atom. The Balaban J connectivity index is 1.24. The lowest BCUT2D eigenvalue weighted by molar-refractivity contribution is -0.141. The molecule has 0 saturated carbocycles. The second-order valence-electron chi connectivity index (χ2n) is 11.6. The number of nitrogens with zero attached hydrogens (tertiary/aromatic N) is 4. The smallest absolute Gasteiger partial charge is 0.433 e. The molecule has 3 heterocycles. The summed E-state index contributed by atoms with van der Waals surface area (Å²) < 4.78 is 45.5. The van der Waals surface area contributed by atoms with Gasteiger partial charge in [0.05, 0.1) is 0 Å². The van der Waals surface area contributed by atoms with Crippen LogP contribution in [-0.4, -0.2) is 40.5 Å². The van der Waals surface area contributed by atoms with Crippen molar-refractivity contribution < 1.29 is 22.4 Å². The fourth-order valence-electron chi connectivity index (χ4n) is 5.53. The lowest BCUT2D eigenvalue weighted by Crippen LogP contribution is -2.49. The van der Waals surface area contributed by atoms with Gasteiger partial charge in [0.15, 0.2) is 5.58 Å². The van der Waals surface area contributed by atoms with Gasteiger partial charge in [-0.1, -0.05) is 27.7 Å². The molecule has 222 valence electrons. The van der Waals surface area contributed by atoms with Crippen molar-refractivity contribution in [1.29, 1.82) is 0 Å². The van der Waals surface area contributed by atoms with Crippen LogP contribution >= 0.6 is 0 Å². The monoisotopic (exact) mass is 580 g/mol. The summed E-state index contributed by atoms with van der Waals surface area (Å²) in [6.45, 7) is 9.80. The van der Waals surface area contributed by atoms with Gasteiger partial charge < -0.3 is 20.4 Å². The standard InChI is InChI=1S/C31H35F3N6O2/c1-18(2)23-15-22(35)16-24-26(23)42-28(38-24)21-7-5-20(6-8-21)27(41)37-17-30(19(3)4)10-13-40(14-11-30)29-36-12-9-25(39-29)31(32,33)34/h5-9,12,15-16,18-19H,10-11,13-14,17,35H2,1-4H3,(H,37,41). The topological polar surface area (TPSA) is 110 Å². The van der Waals surface area contributed by atoms with Crippen molar-refractivity contribution in [3.05, 3.63) is 65.5 Å². The van der Waals surface area contributed by atoms with E-state index in [9.17, 15) is 18.0 Å². The van der Waals surface area contributed by atoms with Gasteiger partial charge in [0, 0.05) is 48.2 Å². The zero-order valence-electron chi connectivity index (χ0n) is 24.1. The van der Waals surface area contributed by atoms with Crippen LogP contribution in [0.25, 0.3) is 22.6 Å². The molecule has 2 aromatic heterocycles. The van der Waals surface area contributed by atoms with E-state index >= 15 is 0 Å². The van der Waals surface area contributed by atoms with Gasteiger partial charge in [-0.15, -0.1) is 0 Å². The predicted octanol–water partition coefficient (Wildman–Crippen LogP) is 6.68. The number of carbonyl (C=O) groups is 1. The van der Waals surface area contributed by atoms with Crippen LogP contribution in [0.2, 0.25) is 0 Å². The largest absolute Gasteiger partial charge is 0.436 e. The number of hydrogen-bond acceptors (Lipinski definition) is 7. The maximum absolute atomic E-state index is 13.1. The molecule has 42 heavy (non-hydrogen) atoms. The minimum Gasteiger partial charge on any atom is -0.436 e. The van der Waals surface area contributed by atoms with E-state index in [1.165, 1.54) is 0 Å². The predicted molar refractivity (Wildman–Crippen MR) is 156 cm³/mol. The number of alkyl halides is 3. The van der Waals surface area contributed by atoms with Crippen molar-refractivity contribution >= 4 is 28.6 Å². The van der Waals surface area contributed by atoms with Gasteiger partial charge in [0.2, 0.25) is 11.8 Å². The summed E-state index contributed by atoms with van der Waals surface area (Å²) >= 11 is 0. The fraction of sp³-hybridized carbons (Fsp3) is 0.419. The Kier molecular flexibility index (Phi) is 7.87. The van der Waals surface area contributed by atoms with Gasteiger partial charge >= 0.3 is 6.18 Å². The molecule has 4 aromatic rings. The van der Waals surface area contributed by atoms with Crippen LogP contribution in [0.5, 0.6) is 0 Å². The van der Waals surface area contributed by atoms with E-state index in [2.05, 4.69) is 48.0 Å². The molecule has 1 fully saturated rings. The number of amides is 1. The summed E-state index contributed by atoms with van der Waals surface area (Å²) in [7, 11) is 0. The highest BCUT2D eigenvalue weighted by molar-refractivity contribution is 5.94. The molecule has 5 rings (SSSR count). The lowest BCUT2D eigenvalue weighted by Gasteiger charge is -2.44. The average Bonchev–Trinajstić information content (AvgIpc) is 3.39. The van der Waals surface area contributed by atoms with Gasteiger partial charge in [-0.05, 0) is 72.6 Å². The molecule has 1 saturated heterocycles. The molecule has 0 aliphatic carbocycles. The minimum atomic E-state index is -4.52. The molecule has 1 amide bonds. The van der Waals surface area contributed by atoms with Crippen molar-refractivity contribution in [2.24, 2.45) is 11.3 Å².